The molecule has 7 nitrogen and oxygen atoms in total. The quantitative estimate of drug-likeness (QED) is 0.234. The number of nitrogens with zero attached hydrogens (tertiary/aromatic N) is 1. The third-order valence-electron chi connectivity index (χ3n) is 6.86. The molecular formula is C29H39NO6. The SMILES string of the molecule is Cc1cccc(-c2cc(C(=O)C(C)C(=O)N3C(=O)OC(C)(C)C3C(C)C)oc2CCCCCCO)c1. The number of unbranched alkanes of at least 4 members (excludes halogenated alkanes) is 3. The second-order valence-corrected chi connectivity index (χ2v) is 10.7. The average molecular weight is 498 g/mol. The van der Waals surface area contributed by atoms with Crippen LogP contribution in [0.2, 0.25) is 0 Å². The summed E-state index contributed by atoms with van der Waals surface area (Å²) in [6.45, 7) is 11.1. The van der Waals surface area contributed by atoms with Gasteiger partial charge in [0.2, 0.25) is 11.7 Å². The van der Waals surface area contributed by atoms with Crippen molar-refractivity contribution >= 4 is 17.8 Å². The predicted octanol–water partition coefficient (Wildman–Crippen LogP) is 5.95. The van der Waals surface area contributed by atoms with Crippen LogP contribution in [-0.4, -0.2) is 46.0 Å². The summed E-state index contributed by atoms with van der Waals surface area (Å²) in [5, 5.41) is 9.02. The van der Waals surface area contributed by atoms with Gasteiger partial charge in [0.15, 0.2) is 5.76 Å². The summed E-state index contributed by atoms with van der Waals surface area (Å²) in [7, 11) is 0. The van der Waals surface area contributed by atoms with Crippen LogP contribution in [-0.2, 0) is 16.0 Å². The number of rotatable bonds is 11. The van der Waals surface area contributed by atoms with Gasteiger partial charge in [-0.05, 0) is 58.1 Å². The number of hydrogen-bond acceptors (Lipinski definition) is 6. The van der Waals surface area contributed by atoms with Crippen LogP contribution in [0.15, 0.2) is 34.7 Å². The number of aliphatic hydroxyl groups is 1. The summed E-state index contributed by atoms with van der Waals surface area (Å²) >= 11 is 0. The van der Waals surface area contributed by atoms with Gasteiger partial charge in [0, 0.05) is 18.6 Å². The lowest BCUT2D eigenvalue weighted by molar-refractivity contribution is -0.132. The highest BCUT2D eigenvalue weighted by molar-refractivity contribution is 6.12. The highest BCUT2D eigenvalue weighted by Crippen LogP contribution is 2.36. The number of carbonyl (C=O) groups is 3. The van der Waals surface area contributed by atoms with Crippen LogP contribution in [0.25, 0.3) is 11.1 Å². The van der Waals surface area contributed by atoms with E-state index in [0.717, 1.165) is 47.3 Å². The highest BCUT2D eigenvalue weighted by atomic mass is 16.6. The molecule has 36 heavy (non-hydrogen) atoms. The van der Waals surface area contributed by atoms with Crippen molar-refractivity contribution in [1.29, 1.82) is 0 Å². The lowest BCUT2D eigenvalue weighted by Crippen LogP contribution is -2.50. The van der Waals surface area contributed by atoms with Crippen molar-refractivity contribution in [3.63, 3.8) is 0 Å². The minimum atomic E-state index is -1.10. The van der Waals surface area contributed by atoms with E-state index in [9.17, 15) is 14.4 Å². The fraction of sp³-hybridized carbons (Fsp3) is 0.552. The number of furan rings is 1. The Morgan fingerprint density at radius 3 is 2.42 bits per heavy atom. The largest absolute Gasteiger partial charge is 0.457 e. The van der Waals surface area contributed by atoms with Gasteiger partial charge in [-0.1, -0.05) is 56.5 Å². The van der Waals surface area contributed by atoms with Gasteiger partial charge in [0.05, 0.1) is 6.04 Å². The third kappa shape index (κ3) is 5.89. The van der Waals surface area contributed by atoms with Crippen molar-refractivity contribution in [2.75, 3.05) is 6.61 Å². The molecule has 0 bridgehead atoms. The molecule has 1 saturated heterocycles. The van der Waals surface area contributed by atoms with Crippen LogP contribution in [0.5, 0.6) is 0 Å². The number of carbonyl (C=O) groups excluding carboxylic acids is 3. The highest BCUT2D eigenvalue weighted by Gasteiger charge is 2.53. The predicted molar refractivity (Wildman–Crippen MR) is 138 cm³/mol. The molecule has 196 valence electrons. The van der Waals surface area contributed by atoms with Crippen molar-refractivity contribution < 1.29 is 28.6 Å². The number of aliphatic hydroxyl groups excluding tert-OH is 1. The van der Waals surface area contributed by atoms with E-state index in [4.69, 9.17) is 14.3 Å². The molecule has 2 aromatic rings. The Hall–Kier alpha value is -2.93. The van der Waals surface area contributed by atoms with E-state index in [-0.39, 0.29) is 18.3 Å². The van der Waals surface area contributed by atoms with E-state index in [1.54, 1.807) is 19.9 Å². The van der Waals surface area contributed by atoms with Crippen LogP contribution in [0.4, 0.5) is 4.79 Å². The first-order valence-corrected chi connectivity index (χ1v) is 12.9. The van der Waals surface area contributed by atoms with Crippen molar-refractivity contribution in [2.45, 2.75) is 85.3 Å². The van der Waals surface area contributed by atoms with Crippen molar-refractivity contribution in [3.8, 4) is 11.1 Å². The molecule has 2 amide bonds. The second kappa shape index (κ2) is 11.4. The molecule has 2 heterocycles. The van der Waals surface area contributed by atoms with E-state index in [1.165, 1.54) is 6.92 Å². The monoisotopic (exact) mass is 497 g/mol. The Morgan fingerprint density at radius 1 is 1.08 bits per heavy atom. The lowest BCUT2D eigenvalue weighted by atomic mass is 9.88. The fourth-order valence-corrected chi connectivity index (χ4v) is 5.16. The summed E-state index contributed by atoms with van der Waals surface area (Å²) in [6, 6.07) is 9.23. The normalized spacial score (nSPS) is 17.9. The van der Waals surface area contributed by atoms with E-state index in [2.05, 4.69) is 0 Å². The molecule has 0 saturated carbocycles. The van der Waals surface area contributed by atoms with E-state index < -0.39 is 35.3 Å². The maximum atomic E-state index is 13.4. The zero-order valence-electron chi connectivity index (χ0n) is 22.3. The summed E-state index contributed by atoms with van der Waals surface area (Å²) < 4.78 is 11.5. The van der Waals surface area contributed by atoms with Gasteiger partial charge >= 0.3 is 6.09 Å². The Balaban J connectivity index is 1.87. The molecule has 0 spiro atoms. The minimum absolute atomic E-state index is 0.0355. The van der Waals surface area contributed by atoms with Crippen LogP contribution < -0.4 is 0 Å². The number of cyclic esters (lactones) is 1. The molecule has 3 rings (SSSR count). The van der Waals surface area contributed by atoms with Crippen molar-refractivity contribution in [2.24, 2.45) is 11.8 Å². The van der Waals surface area contributed by atoms with Gasteiger partial charge in [-0.3, -0.25) is 9.59 Å². The Kier molecular flexibility index (Phi) is 8.77. The van der Waals surface area contributed by atoms with Crippen LogP contribution >= 0.6 is 0 Å². The molecule has 1 aromatic heterocycles. The zero-order valence-corrected chi connectivity index (χ0v) is 22.3. The summed E-state index contributed by atoms with van der Waals surface area (Å²) in [5.41, 5.74) is 2.04. The average Bonchev–Trinajstić information content (AvgIpc) is 3.34. The summed E-state index contributed by atoms with van der Waals surface area (Å²) in [5.74, 6) is -1.35. The number of ether oxygens (including phenoxy) is 1. The minimum Gasteiger partial charge on any atom is -0.457 e. The first-order chi connectivity index (χ1) is 17.0. The van der Waals surface area contributed by atoms with Gasteiger partial charge in [-0.25, -0.2) is 9.69 Å². The zero-order chi connectivity index (χ0) is 26.6. The molecular weight excluding hydrogens is 458 g/mol. The maximum Gasteiger partial charge on any atom is 0.417 e. The Bertz CT molecular complexity index is 1100. The number of amides is 2. The summed E-state index contributed by atoms with van der Waals surface area (Å²) in [6.07, 6.45) is 3.42. The van der Waals surface area contributed by atoms with E-state index in [1.807, 2.05) is 45.0 Å². The van der Waals surface area contributed by atoms with Crippen molar-refractivity contribution in [3.05, 3.63) is 47.4 Å². The molecule has 0 aliphatic carbocycles. The number of ketones is 1. The van der Waals surface area contributed by atoms with Crippen LogP contribution in [0, 0.1) is 18.8 Å². The van der Waals surface area contributed by atoms with Gasteiger partial charge in [-0.2, -0.15) is 0 Å². The first-order valence-electron chi connectivity index (χ1n) is 12.9. The van der Waals surface area contributed by atoms with E-state index in [0.29, 0.717) is 12.2 Å². The van der Waals surface area contributed by atoms with Gasteiger partial charge in [0.1, 0.15) is 17.3 Å². The Morgan fingerprint density at radius 2 is 1.78 bits per heavy atom. The second-order valence-electron chi connectivity index (χ2n) is 10.7. The first kappa shape index (κ1) is 27.7. The van der Waals surface area contributed by atoms with E-state index >= 15 is 0 Å². The molecule has 2 atom stereocenters. The van der Waals surface area contributed by atoms with Gasteiger partial charge in [0.25, 0.3) is 0 Å². The number of Topliss-reactive ketones (excluding diaryl/α,β-unsaturated/α-hetero) is 1. The molecule has 2 unspecified atom stereocenters. The topological polar surface area (TPSA) is 97.1 Å². The number of hydrogen-bond donors (Lipinski definition) is 1. The third-order valence-corrected chi connectivity index (χ3v) is 6.86. The van der Waals surface area contributed by atoms with Gasteiger partial charge in [-0.15, -0.1) is 0 Å². The molecule has 1 aliphatic heterocycles. The van der Waals surface area contributed by atoms with Crippen LogP contribution in [0.3, 0.4) is 0 Å². The molecule has 1 aromatic carbocycles. The lowest BCUT2D eigenvalue weighted by Gasteiger charge is -2.31. The smallest absolute Gasteiger partial charge is 0.417 e. The molecule has 1 N–H and O–H groups in total. The molecule has 1 fully saturated rings. The number of aryl methyl sites for hydroxylation is 2. The maximum absolute atomic E-state index is 13.4. The standard InChI is InChI=1S/C29H39NO6/c1-18(2)26-29(5,6)36-28(34)30(26)27(33)20(4)25(32)24-17-22(21-13-11-12-19(3)16-21)23(35-24)14-9-7-8-10-15-31/h11-13,16-18,20,26,31H,7-10,14-15H2,1-6H3. The number of benzene rings is 1. The molecule has 0 radical (unpaired) electrons. The van der Waals surface area contributed by atoms with Crippen molar-refractivity contribution in [1.82, 2.24) is 4.90 Å². The van der Waals surface area contributed by atoms with Gasteiger partial charge < -0.3 is 14.3 Å². The molecule has 1 aliphatic rings. The Labute approximate surface area is 213 Å². The number of imide groups is 1. The summed E-state index contributed by atoms with van der Waals surface area (Å²) in [4.78, 5) is 40.6. The fourth-order valence-electron chi connectivity index (χ4n) is 5.16. The molecule has 7 heteroatoms. The van der Waals surface area contributed by atoms with Crippen LogP contribution in [0.1, 0.15) is 82.2 Å².